The van der Waals surface area contributed by atoms with Crippen molar-refractivity contribution in [3.8, 4) is 0 Å². The number of benzene rings is 2. The van der Waals surface area contributed by atoms with Gasteiger partial charge in [0.25, 0.3) is 0 Å². The van der Waals surface area contributed by atoms with Gasteiger partial charge in [0.2, 0.25) is 0 Å². The highest BCUT2D eigenvalue weighted by atomic mass is 35.5. The minimum Gasteiger partial charge on any atom is -0.389 e. The summed E-state index contributed by atoms with van der Waals surface area (Å²) in [6.07, 6.45) is 0. The molecule has 0 aliphatic heterocycles. The number of nitrogens with one attached hydrogen (secondary N) is 1. The third kappa shape index (κ3) is 2.32. The van der Waals surface area contributed by atoms with Crippen LogP contribution in [-0.4, -0.2) is 0 Å². The Hall–Kier alpha value is -1.78. The van der Waals surface area contributed by atoms with Crippen molar-refractivity contribution in [1.82, 2.24) is 0 Å². The first kappa shape index (κ1) is 13.2. The monoisotopic (exact) mass is 306 g/mol. The number of hydrogen-bond acceptors (Lipinski definition) is 3. The van der Waals surface area contributed by atoms with E-state index in [-0.39, 0.29) is 5.02 Å². The Morgan fingerprint density at radius 3 is 2.75 bits per heavy atom. The predicted octanol–water partition coefficient (Wildman–Crippen LogP) is 5.33. The van der Waals surface area contributed by atoms with Crippen molar-refractivity contribution in [2.24, 2.45) is 0 Å². The number of nitrogens with two attached hydrogens (primary N) is 1. The molecular weight excluding hydrogens is 295 g/mol. The second kappa shape index (κ2) is 4.96. The Labute approximate surface area is 125 Å². The van der Waals surface area contributed by atoms with E-state index in [0.29, 0.717) is 10.7 Å². The molecule has 5 heteroatoms. The highest BCUT2D eigenvalue weighted by molar-refractivity contribution is 7.23. The average Bonchev–Trinajstić information content (AvgIpc) is 2.70. The number of rotatable bonds is 2. The first-order valence-corrected chi connectivity index (χ1v) is 7.25. The van der Waals surface area contributed by atoms with Crippen LogP contribution in [0.1, 0.15) is 5.56 Å². The summed E-state index contributed by atoms with van der Waals surface area (Å²) in [6, 6.07) is 10.7. The van der Waals surface area contributed by atoms with Crippen molar-refractivity contribution >= 4 is 49.4 Å². The maximum Gasteiger partial charge on any atom is 0.141 e. The molecule has 3 N–H and O–H groups in total. The van der Waals surface area contributed by atoms with E-state index < -0.39 is 5.82 Å². The fourth-order valence-electron chi connectivity index (χ4n) is 2.08. The Morgan fingerprint density at radius 1 is 1.20 bits per heavy atom. The molecule has 2 nitrogen and oxygen atoms in total. The Bertz CT molecular complexity index is 798. The molecular formula is C15H12ClFN2S. The van der Waals surface area contributed by atoms with Gasteiger partial charge in [-0.3, -0.25) is 0 Å². The number of fused-ring (bicyclic) bond motifs is 1. The van der Waals surface area contributed by atoms with Crippen LogP contribution in [-0.2, 0) is 0 Å². The van der Waals surface area contributed by atoms with E-state index >= 15 is 0 Å². The Balaban J connectivity index is 2.07. The van der Waals surface area contributed by atoms with Gasteiger partial charge in [0.1, 0.15) is 10.8 Å². The summed E-state index contributed by atoms with van der Waals surface area (Å²) >= 11 is 7.32. The minimum absolute atomic E-state index is 0.0873. The van der Waals surface area contributed by atoms with Crippen LogP contribution in [0, 0.1) is 12.7 Å². The van der Waals surface area contributed by atoms with Gasteiger partial charge in [-0.2, -0.15) is 0 Å². The number of nitrogen functional groups attached to an aromatic ring is 1. The normalized spacial score (nSPS) is 10.9. The molecule has 1 heterocycles. The van der Waals surface area contributed by atoms with Gasteiger partial charge < -0.3 is 11.1 Å². The largest absolute Gasteiger partial charge is 0.389 e. The second-order valence-electron chi connectivity index (χ2n) is 4.59. The molecule has 2 aromatic carbocycles. The van der Waals surface area contributed by atoms with E-state index in [9.17, 15) is 4.39 Å². The average molecular weight is 307 g/mol. The molecule has 0 radical (unpaired) electrons. The van der Waals surface area contributed by atoms with E-state index in [2.05, 4.69) is 23.5 Å². The fraction of sp³-hybridized carbons (Fsp3) is 0.0667. The third-order valence-electron chi connectivity index (χ3n) is 3.06. The highest BCUT2D eigenvalue weighted by Gasteiger charge is 2.11. The summed E-state index contributed by atoms with van der Waals surface area (Å²) in [5.74, 6) is -0.434. The van der Waals surface area contributed by atoms with E-state index in [1.165, 1.54) is 17.4 Å². The van der Waals surface area contributed by atoms with Crippen molar-refractivity contribution in [2.75, 3.05) is 11.1 Å². The standard InChI is InChI=1S/C15H12ClFN2S/c1-8-2-5-13-10(6-8)14(15(18)20-13)19-9-3-4-12(17)11(16)7-9/h2-7,19H,18H2,1H3. The van der Waals surface area contributed by atoms with Gasteiger partial charge in [0, 0.05) is 15.8 Å². The third-order valence-corrected chi connectivity index (χ3v) is 4.35. The molecule has 0 aliphatic rings. The number of aryl methyl sites for hydroxylation is 1. The number of anilines is 3. The Kier molecular flexibility index (Phi) is 3.28. The lowest BCUT2D eigenvalue weighted by Gasteiger charge is -2.07. The van der Waals surface area contributed by atoms with Crippen LogP contribution in [0.3, 0.4) is 0 Å². The zero-order valence-corrected chi connectivity index (χ0v) is 12.3. The molecule has 0 saturated heterocycles. The second-order valence-corrected chi connectivity index (χ2v) is 6.09. The Morgan fingerprint density at radius 2 is 2.00 bits per heavy atom. The summed E-state index contributed by atoms with van der Waals surface area (Å²) in [6.45, 7) is 2.03. The molecule has 0 spiro atoms. The van der Waals surface area contributed by atoms with E-state index in [4.69, 9.17) is 17.3 Å². The van der Waals surface area contributed by atoms with Gasteiger partial charge in [-0.05, 0) is 37.3 Å². The molecule has 1 aromatic heterocycles. The number of hydrogen-bond donors (Lipinski definition) is 2. The summed E-state index contributed by atoms with van der Waals surface area (Å²) in [5, 5.41) is 5.08. The van der Waals surface area contributed by atoms with Crippen LogP contribution in [0.25, 0.3) is 10.1 Å². The zero-order valence-electron chi connectivity index (χ0n) is 10.7. The first-order chi connectivity index (χ1) is 9.54. The van der Waals surface area contributed by atoms with Crippen molar-refractivity contribution in [3.05, 3.63) is 52.8 Å². The molecule has 0 bridgehead atoms. The summed E-state index contributed by atoms with van der Waals surface area (Å²) in [5.41, 5.74) is 8.79. The van der Waals surface area contributed by atoms with E-state index in [1.807, 2.05) is 6.92 Å². The first-order valence-electron chi connectivity index (χ1n) is 6.05. The molecule has 0 amide bonds. The quantitative estimate of drug-likeness (QED) is 0.671. The van der Waals surface area contributed by atoms with Gasteiger partial charge in [0.15, 0.2) is 0 Å². The van der Waals surface area contributed by atoms with E-state index in [0.717, 1.165) is 21.3 Å². The van der Waals surface area contributed by atoms with Crippen molar-refractivity contribution in [2.45, 2.75) is 6.92 Å². The summed E-state index contributed by atoms with van der Waals surface area (Å²) in [7, 11) is 0. The molecule has 0 aliphatic carbocycles. The van der Waals surface area contributed by atoms with Gasteiger partial charge in [0.05, 0.1) is 10.7 Å². The maximum atomic E-state index is 13.2. The molecule has 3 rings (SSSR count). The molecule has 20 heavy (non-hydrogen) atoms. The van der Waals surface area contributed by atoms with Gasteiger partial charge in [-0.1, -0.05) is 23.2 Å². The highest BCUT2D eigenvalue weighted by Crippen LogP contribution is 2.40. The van der Waals surface area contributed by atoms with Crippen LogP contribution >= 0.6 is 22.9 Å². The molecule has 0 fully saturated rings. The molecule has 3 aromatic rings. The zero-order chi connectivity index (χ0) is 14.3. The van der Waals surface area contributed by atoms with Crippen LogP contribution < -0.4 is 11.1 Å². The van der Waals surface area contributed by atoms with Crippen LogP contribution in [0.15, 0.2) is 36.4 Å². The lowest BCUT2D eigenvalue weighted by Crippen LogP contribution is -1.93. The smallest absolute Gasteiger partial charge is 0.141 e. The number of thiophene rings is 1. The SMILES string of the molecule is Cc1ccc2sc(N)c(Nc3ccc(F)c(Cl)c3)c2c1. The molecule has 0 saturated carbocycles. The summed E-state index contributed by atoms with van der Waals surface area (Å²) < 4.78 is 14.3. The predicted molar refractivity (Wildman–Crippen MR) is 85.7 cm³/mol. The van der Waals surface area contributed by atoms with Crippen LogP contribution in [0.2, 0.25) is 5.02 Å². The van der Waals surface area contributed by atoms with Gasteiger partial charge in [-0.15, -0.1) is 11.3 Å². The van der Waals surface area contributed by atoms with Gasteiger partial charge >= 0.3 is 0 Å². The molecule has 0 unspecified atom stereocenters. The topological polar surface area (TPSA) is 38.0 Å². The molecule has 0 atom stereocenters. The van der Waals surface area contributed by atoms with Crippen LogP contribution in [0.4, 0.5) is 20.8 Å². The van der Waals surface area contributed by atoms with Crippen molar-refractivity contribution < 1.29 is 4.39 Å². The van der Waals surface area contributed by atoms with E-state index in [1.54, 1.807) is 12.1 Å². The van der Waals surface area contributed by atoms with Crippen LogP contribution in [0.5, 0.6) is 0 Å². The van der Waals surface area contributed by atoms with Crippen molar-refractivity contribution in [3.63, 3.8) is 0 Å². The number of halogens is 2. The van der Waals surface area contributed by atoms with Gasteiger partial charge in [-0.25, -0.2) is 4.39 Å². The summed E-state index contributed by atoms with van der Waals surface area (Å²) in [4.78, 5) is 0. The fourth-order valence-corrected chi connectivity index (χ4v) is 3.17. The lowest BCUT2D eigenvalue weighted by molar-refractivity contribution is 0.628. The molecule has 102 valence electrons. The minimum atomic E-state index is -0.434. The lowest BCUT2D eigenvalue weighted by atomic mass is 10.1. The maximum absolute atomic E-state index is 13.2. The van der Waals surface area contributed by atoms with Crippen molar-refractivity contribution in [1.29, 1.82) is 0 Å².